The molecular formula is C23H29FN4O4. The Morgan fingerprint density at radius 1 is 1.06 bits per heavy atom. The highest BCUT2D eigenvalue weighted by Crippen LogP contribution is 2.27. The van der Waals surface area contributed by atoms with Gasteiger partial charge in [-0.05, 0) is 37.1 Å². The van der Waals surface area contributed by atoms with Gasteiger partial charge < -0.3 is 29.2 Å². The highest BCUT2D eigenvalue weighted by Gasteiger charge is 2.19. The summed E-state index contributed by atoms with van der Waals surface area (Å²) in [6.07, 6.45) is 5.07. The number of benzene rings is 1. The van der Waals surface area contributed by atoms with Gasteiger partial charge in [0.2, 0.25) is 5.95 Å². The first-order chi connectivity index (χ1) is 15.7. The summed E-state index contributed by atoms with van der Waals surface area (Å²) in [5.41, 5.74) is 2.82. The van der Waals surface area contributed by atoms with E-state index in [0.717, 1.165) is 47.3 Å². The lowest BCUT2D eigenvalue weighted by molar-refractivity contribution is 0.0325. The lowest BCUT2D eigenvalue weighted by Crippen LogP contribution is -2.39. The number of hydrogen-bond donors (Lipinski definition) is 2. The van der Waals surface area contributed by atoms with Gasteiger partial charge in [-0.3, -0.25) is 0 Å². The van der Waals surface area contributed by atoms with Crippen molar-refractivity contribution < 1.29 is 23.7 Å². The van der Waals surface area contributed by atoms with Crippen LogP contribution in [0.2, 0.25) is 0 Å². The van der Waals surface area contributed by atoms with E-state index in [1.165, 1.54) is 0 Å². The number of aliphatic hydroxyl groups excluding tert-OH is 1. The van der Waals surface area contributed by atoms with Crippen LogP contribution in [0, 0.1) is 0 Å². The lowest BCUT2D eigenvalue weighted by Gasteiger charge is -2.29. The maximum absolute atomic E-state index is 11.9. The van der Waals surface area contributed by atoms with Gasteiger partial charge in [0.25, 0.3) is 0 Å². The minimum Gasteiger partial charge on any atom is -0.491 e. The van der Waals surface area contributed by atoms with Gasteiger partial charge in [-0.15, -0.1) is 0 Å². The van der Waals surface area contributed by atoms with Gasteiger partial charge >= 0.3 is 0 Å². The summed E-state index contributed by atoms with van der Waals surface area (Å²) in [4.78, 5) is 14.4. The minimum absolute atomic E-state index is 0.109. The molecule has 0 radical (unpaired) electrons. The van der Waals surface area contributed by atoms with Crippen molar-refractivity contribution in [1.82, 2.24) is 15.0 Å². The van der Waals surface area contributed by atoms with Gasteiger partial charge in [0.05, 0.1) is 32.5 Å². The van der Waals surface area contributed by atoms with Crippen LogP contribution in [-0.4, -0.2) is 79.0 Å². The first-order valence-electron chi connectivity index (χ1n) is 11.0. The standard InChI is InChI=1S/C23H29FN4O4/c24-5-7-30-8-9-31-10-11-32-20-3-4-21-17(12-20)13-22(27-21)18-14-25-23(26-15-18)28-6-1-2-19(29)16-28/h3-4,12-15,19,27,29H,1-2,5-11,16H2/t19-/m1/s1. The molecule has 1 aliphatic rings. The van der Waals surface area contributed by atoms with Crippen molar-refractivity contribution in [2.75, 3.05) is 57.7 Å². The topological polar surface area (TPSA) is 92.7 Å². The fraction of sp³-hybridized carbons (Fsp3) is 0.478. The van der Waals surface area contributed by atoms with Crippen molar-refractivity contribution >= 4 is 16.9 Å². The molecule has 9 heteroatoms. The molecule has 1 aromatic carbocycles. The second-order valence-electron chi connectivity index (χ2n) is 7.71. The zero-order valence-corrected chi connectivity index (χ0v) is 18.0. The molecule has 0 spiro atoms. The Bertz CT molecular complexity index is 982. The quantitative estimate of drug-likeness (QED) is 0.439. The number of hydrogen-bond acceptors (Lipinski definition) is 7. The van der Waals surface area contributed by atoms with Crippen molar-refractivity contribution in [3.63, 3.8) is 0 Å². The number of H-pyrrole nitrogens is 1. The summed E-state index contributed by atoms with van der Waals surface area (Å²) >= 11 is 0. The maximum Gasteiger partial charge on any atom is 0.225 e. The number of halogens is 1. The van der Waals surface area contributed by atoms with E-state index in [-0.39, 0.29) is 12.7 Å². The number of aromatic nitrogens is 3. The van der Waals surface area contributed by atoms with Gasteiger partial charge in [-0.25, -0.2) is 14.4 Å². The largest absolute Gasteiger partial charge is 0.491 e. The Labute approximate surface area is 186 Å². The van der Waals surface area contributed by atoms with Crippen molar-refractivity contribution in [3.05, 3.63) is 36.7 Å². The van der Waals surface area contributed by atoms with Gasteiger partial charge in [-0.1, -0.05) is 0 Å². The first kappa shape index (κ1) is 22.4. The number of nitrogens with zero attached hydrogens (tertiary/aromatic N) is 3. The second-order valence-corrected chi connectivity index (χ2v) is 7.71. The van der Waals surface area contributed by atoms with Crippen molar-refractivity contribution in [1.29, 1.82) is 0 Å². The fourth-order valence-corrected chi connectivity index (χ4v) is 3.71. The summed E-state index contributed by atoms with van der Waals surface area (Å²) in [5.74, 6) is 1.41. The SMILES string of the molecule is O[C@@H]1CCCN(c2ncc(-c3cc4cc(OCCOCCOCCF)ccc4[nH]3)cn2)C1. The minimum atomic E-state index is -0.478. The molecule has 4 rings (SSSR count). The van der Waals surface area contributed by atoms with Gasteiger partial charge in [0, 0.05) is 47.6 Å². The van der Waals surface area contributed by atoms with Gasteiger partial charge in [-0.2, -0.15) is 0 Å². The molecule has 2 N–H and O–H groups in total. The molecule has 32 heavy (non-hydrogen) atoms. The van der Waals surface area contributed by atoms with Crippen LogP contribution in [0.15, 0.2) is 36.7 Å². The van der Waals surface area contributed by atoms with E-state index in [1.807, 2.05) is 29.2 Å². The predicted octanol–water partition coefficient (Wildman–Crippen LogP) is 2.97. The molecular weight excluding hydrogens is 415 g/mol. The fourth-order valence-electron chi connectivity index (χ4n) is 3.71. The molecule has 1 aliphatic heterocycles. The van der Waals surface area contributed by atoms with E-state index in [4.69, 9.17) is 14.2 Å². The van der Waals surface area contributed by atoms with Gasteiger partial charge in [0.1, 0.15) is 19.0 Å². The molecule has 0 saturated carbocycles. The molecule has 3 aromatic rings. The van der Waals surface area contributed by atoms with Crippen LogP contribution >= 0.6 is 0 Å². The van der Waals surface area contributed by atoms with Crippen molar-refractivity contribution in [2.24, 2.45) is 0 Å². The third kappa shape index (κ3) is 5.93. The number of ether oxygens (including phenoxy) is 3. The molecule has 0 bridgehead atoms. The summed E-state index contributed by atoms with van der Waals surface area (Å²) in [6, 6.07) is 7.91. The van der Waals surface area contributed by atoms with Crippen LogP contribution in [0.3, 0.4) is 0 Å². The van der Waals surface area contributed by atoms with Crippen LogP contribution in [0.1, 0.15) is 12.8 Å². The summed E-state index contributed by atoms with van der Waals surface area (Å²) in [6.45, 7) is 2.73. The number of fused-ring (bicyclic) bond motifs is 1. The second kappa shape index (κ2) is 11.2. The smallest absolute Gasteiger partial charge is 0.225 e. The van der Waals surface area contributed by atoms with E-state index in [0.29, 0.717) is 38.9 Å². The molecule has 0 aliphatic carbocycles. The zero-order chi connectivity index (χ0) is 22.2. The highest BCUT2D eigenvalue weighted by atomic mass is 19.1. The summed E-state index contributed by atoms with van der Waals surface area (Å²) in [5, 5.41) is 10.9. The normalized spacial score (nSPS) is 16.6. The van der Waals surface area contributed by atoms with E-state index >= 15 is 0 Å². The van der Waals surface area contributed by atoms with Crippen LogP contribution in [0.25, 0.3) is 22.2 Å². The van der Waals surface area contributed by atoms with E-state index < -0.39 is 6.67 Å². The average Bonchev–Trinajstić information content (AvgIpc) is 3.24. The number of aromatic amines is 1. The third-order valence-corrected chi connectivity index (χ3v) is 5.31. The molecule has 0 unspecified atom stereocenters. The van der Waals surface area contributed by atoms with E-state index in [2.05, 4.69) is 15.0 Å². The molecule has 1 atom stereocenters. The Balaban J connectivity index is 1.31. The van der Waals surface area contributed by atoms with Crippen molar-refractivity contribution in [3.8, 4) is 17.0 Å². The van der Waals surface area contributed by atoms with Gasteiger partial charge in [0.15, 0.2) is 0 Å². The number of piperidine rings is 1. The molecule has 3 heterocycles. The number of rotatable bonds is 11. The zero-order valence-electron chi connectivity index (χ0n) is 18.0. The summed E-state index contributed by atoms with van der Waals surface area (Å²) < 4.78 is 28.1. The molecule has 172 valence electrons. The number of alkyl halides is 1. The molecule has 2 aromatic heterocycles. The monoisotopic (exact) mass is 444 g/mol. The van der Waals surface area contributed by atoms with Crippen LogP contribution in [0.5, 0.6) is 5.75 Å². The Hall–Kier alpha value is -2.75. The number of aliphatic hydroxyl groups is 1. The lowest BCUT2D eigenvalue weighted by atomic mass is 10.1. The van der Waals surface area contributed by atoms with Crippen LogP contribution in [-0.2, 0) is 9.47 Å². The summed E-state index contributed by atoms with van der Waals surface area (Å²) in [7, 11) is 0. The number of β-amino-alcohol motifs (C(OH)–C–C–N with tert-alkyl or cyclic N) is 1. The first-order valence-corrected chi connectivity index (χ1v) is 11.0. The Kier molecular flexibility index (Phi) is 7.87. The highest BCUT2D eigenvalue weighted by molar-refractivity contribution is 5.86. The van der Waals surface area contributed by atoms with Crippen LogP contribution < -0.4 is 9.64 Å². The van der Waals surface area contributed by atoms with Crippen molar-refractivity contribution in [2.45, 2.75) is 18.9 Å². The number of nitrogens with one attached hydrogen (secondary N) is 1. The van der Waals surface area contributed by atoms with E-state index in [9.17, 15) is 9.50 Å². The van der Waals surface area contributed by atoms with Crippen LogP contribution in [0.4, 0.5) is 10.3 Å². The third-order valence-electron chi connectivity index (χ3n) is 5.31. The average molecular weight is 445 g/mol. The molecule has 8 nitrogen and oxygen atoms in total. The molecule has 1 saturated heterocycles. The maximum atomic E-state index is 11.9. The molecule has 0 amide bonds. The predicted molar refractivity (Wildman–Crippen MR) is 120 cm³/mol. The Morgan fingerprint density at radius 2 is 1.84 bits per heavy atom. The number of anilines is 1. The molecule has 1 fully saturated rings. The Morgan fingerprint density at radius 3 is 2.62 bits per heavy atom. The van der Waals surface area contributed by atoms with E-state index in [1.54, 1.807) is 12.4 Å².